The Morgan fingerprint density at radius 3 is 1.94 bits per heavy atom. The zero-order chi connectivity index (χ0) is 38.0. The number of tetrazole rings is 1. The molecule has 13 nitrogen and oxygen atoms in total. The van der Waals surface area contributed by atoms with Crippen molar-refractivity contribution in [2.24, 2.45) is 0 Å². The van der Waals surface area contributed by atoms with Gasteiger partial charge in [-0.05, 0) is 89.5 Å². The third-order valence-electron chi connectivity index (χ3n) is 10.0. The number of benzene rings is 3. The minimum Gasteiger partial charge on any atom is -0.391 e. The van der Waals surface area contributed by atoms with E-state index in [-0.39, 0.29) is 11.3 Å². The van der Waals surface area contributed by atoms with Crippen molar-refractivity contribution in [1.29, 1.82) is 0 Å². The summed E-state index contributed by atoms with van der Waals surface area (Å²) >= 11 is 0. The smallest absolute Gasteiger partial charge is 0.350 e. The van der Waals surface area contributed by atoms with Crippen LogP contribution in [0.3, 0.4) is 0 Å². The van der Waals surface area contributed by atoms with Crippen molar-refractivity contribution in [3.05, 3.63) is 131 Å². The zero-order valence-corrected chi connectivity index (χ0v) is 29.6. The Morgan fingerprint density at radius 1 is 0.815 bits per heavy atom. The Balaban J connectivity index is 0.995. The number of halogens is 3. The Labute approximate surface area is 308 Å². The SMILES string of the molecule is CC[C@@H]([C@H](C)O)n1ncn(-c2ccc(N3CCN(c4ccc(-c5ccc(C(F)(F)C(O)(Cn6cnnn6)c6ccc(F)cc6)nc5)cc4)CC3)cc2)c1=O. The van der Waals surface area contributed by atoms with Crippen LogP contribution in [0.15, 0.2) is 109 Å². The molecule has 0 saturated carbocycles. The lowest BCUT2D eigenvalue weighted by Gasteiger charge is -2.37. The predicted molar refractivity (Wildman–Crippen MR) is 195 cm³/mol. The van der Waals surface area contributed by atoms with Gasteiger partial charge in [0.05, 0.1) is 24.4 Å². The largest absolute Gasteiger partial charge is 0.391 e. The highest BCUT2D eigenvalue weighted by Crippen LogP contribution is 2.46. The number of alkyl halides is 2. The van der Waals surface area contributed by atoms with Crippen molar-refractivity contribution in [3.63, 3.8) is 0 Å². The second-order valence-corrected chi connectivity index (χ2v) is 13.4. The number of aliphatic hydroxyl groups excluding tert-OH is 1. The highest BCUT2D eigenvalue weighted by Gasteiger charge is 2.56. The van der Waals surface area contributed by atoms with Crippen LogP contribution in [0.5, 0.6) is 0 Å². The van der Waals surface area contributed by atoms with E-state index in [1.807, 2.05) is 55.5 Å². The van der Waals surface area contributed by atoms with Gasteiger partial charge in [0.15, 0.2) is 5.60 Å². The van der Waals surface area contributed by atoms with Crippen LogP contribution in [0, 0.1) is 5.82 Å². The summed E-state index contributed by atoms with van der Waals surface area (Å²) in [6.45, 7) is 5.97. The molecule has 3 aromatic heterocycles. The van der Waals surface area contributed by atoms with Crippen LogP contribution in [0.1, 0.15) is 37.6 Å². The monoisotopic (exact) mass is 740 g/mol. The number of hydrogen-bond donors (Lipinski definition) is 2. The molecule has 280 valence electrons. The first-order valence-corrected chi connectivity index (χ1v) is 17.6. The molecule has 0 spiro atoms. The number of rotatable bonds is 12. The van der Waals surface area contributed by atoms with Crippen LogP contribution in [0.4, 0.5) is 24.5 Å². The molecule has 1 aliphatic heterocycles. The quantitative estimate of drug-likeness (QED) is 0.183. The highest BCUT2D eigenvalue weighted by molar-refractivity contribution is 5.66. The second kappa shape index (κ2) is 14.9. The molecule has 3 aromatic carbocycles. The molecule has 1 saturated heterocycles. The minimum atomic E-state index is -3.91. The molecule has 0 bridgehead atoms. The Morgan fingerprint density at radius 2 is 1.41 bits per heavy atom. The van der Waals surface area contributed by atoms with Gasteiger partial charge >= 0.3 is 11.6 Å². The molecule has 0 amide bonds. The van der Waals surface area contributed by atoms with Gasteiger partial charge in [0, 0.05) is 49.3 Å². The standard InChI is InChI=1S/C38H39F3N10O3/c1-3-34(26(2)52)51-36(53)50(25-44-51)33-15-13-32(14-16-33)48-20-18-47(19-21-48)31-11-4-27(5-12-31)28-6-17-35(42-22-28)38(40,41)37(54,23-49-24-43-45-46-49)29-7-9-30(39)10-8-29/h4-17,22,24-26,34,52,54H,3,18-21,23H2,1-2H3/t26-,34-,37?/m0/s1. The fourth-order valence-corrected chi connectivity index (χ4v) is 6.90. The molecule has 1 fully saturated rings. The van der Waals surface area contributed by atoms with Crippen molar-refractivity contribution < 1.29 is 23.4 Å². The topological polar surface area (TPSA) is 143 Å². The third kappa shape index (κ3) is 6.97. The molecule has 16 heteroatoms. The van der Waals surface area contributed by atoms with Gasteiger partial charge in [-0.15, -0.1) is 5.10 Å². The third-order valence-corrected chi connectivity index (χ3v) is 10.0. The number of piperazine rings is 1. The van der Waals surface area contributed by atoms with Gasteiger partial charge < -0.3 is 20.0 Å². The average molecular weight is 741 g/mol. The normalized spacial score (nSPS) is 15.9. The summed E-state index contributed by atoms with van der Waals surface area (Å²) in [5.74, 6) is -4.54. The van der Waals surface area contributed by atoms with E-state index in [9.17, 15) is 19.4 Å². The molecule has 7 rings (SSSR count). The van der Waals surface area contributed by atoms with E-state index in [4.69, 9.17) is 0 Å². The van der Waals surface area contributed by atoms with Crippen molar-refractivity contribution >= 4 is 11.4 Å². The minimum absolute atomic E-state index is 0.220. The van der Waals surface area contributed by atoms with Crippen LogP contribution in [-0.4, -0.2) is 82.0 Å². The molecule has 0 radical (unpaired) electrons. The Kier molecular flexibility index (Phi) is 10.0. The highest BCUT2D eigenvalue weighted by atomic mass is 19.3. The molecule has 54 heavy (non-hydrogen) atoms. The molecular weight excluding hydrogens is 701 g/mol. The van der Waals surface area contributed by atoms with Crippen molar-refractivity contribution in [3.8, 4) is 16.8 Å². The predicted octanol–water partition coefficient (Wildman–Crippen LogP) is 4.56. The van der Waals surface area contributed by atoms with E-state index in [2.05, 4.69) is 35.4 Å². The van der Waals surface area contributed by atoms with Crippen LogP contribution in [0.2, 0.25) is 0 Å². The molecule has 2 N–H and O–H groups in total. The van der Waals surface area contributed by atoms with Gasteiger partial charge in [-0.1, -0.05) is 37.3 Å². The summed E-state index contributed by atoms with van der Waals surface area (Å²) in [6.07, 6.45) is 3.81. The van der Waals surface area contributed by atoms with Gasteiger partial charge in [0.2, 0.25) is 0 Å². The summed E-state index contributed by atoms with van der Waals surface area (Å²) in [4.78, 5) is 21.6. The maximum absolute atomic E-state index is 16.2. The lowest BCUT2D eigenvalue weighted by Crippen LogP contribution is -2.47. The summed E-state index contributed by atoms with van der Waals surface area (Å²) in [7, 11) is 0. The van der Waals surface area contributed by atoms with Crippen LogP contribution in [-0.2, 0) is 18.1 Å². The van der Waals surface area contributed by atoms with Gasteiger partial charge in [-0.2, -0.15) is 13.9 Å². The van der Waals surface area contributed by atoms with E-state index >= 15 is 8.78 Å². The lowest BCUT2D eigenvalue weighted by molar-refractivity contribution is -0.206. The van der Waals surface area contributed by atoms with Gasteiger partial charge in [-0.25, -0.2) is 23.1 Å². The van der Waals surface area contributed by atoms with Gasteiger partial charge in [0.25, 0.3) is 0 Å². The summed E-state index contributed by atoms with van der Waals surface area (Å²) in [5.41, 5.74) is 0.124. The number of anilines is 2. The maximum Gasteiger partial charge on any atom is 0.350 e. The number of hydrogen-bond acceptors (Lipinski definition) is 10. The summed E-state index contributed by atoms with van der Waals surface area (Å²) < 4.78 is 49.8. The Bertz CT molecular complexity index is 2200. The van der Waals surface area contributed by atoms with Crippen molar-refractivity contribution in [1.82, 2.24) is 39.5 Å². The molecule has 0 aliphatic carbocycles. The fraction of sp³-hybridized carbons (Fsp3) is 0.316. The molecule has 4 heterocycles. The molecule has 3 atom stereocenters. The lowest BCUT2D eigenvalue weighted by atomic mass is 9.85. The number of pyridine rings is 1. The number of aromatic nitrogens is 8. The Hall–Kier alpha value is -5.87. The first-order chi connectivity index (χ1) is 26.0. The van der Waals surface area contributed by atoms with Crippen LogP contribution >= 0.6 is 0 Å². The van der Waals surface area contributed by atoms with E-state index in [1.165, 1.54) is 33.9 Å². The molecule has 6 aromatic rings. The first kappa shape index (κ1) is 36.5. The van der Waals surface area contributed by atoms with Crippen molar-refractivity contribution in [2.45, 2.75) is 50.5 Å². The van der Waals surface area contributed by atoms with Gasteiger partial charge in [-0.3, -0.25) is 4.98 Å². The maximum atomic E-state index is 16.2. The second-order valence-electron chi connectivity index (χ2n) is 13.4. The average Bonchev–Trinajstić information content (AvgIpc) is 3.85. The first-order valence-electron chi connectivity index (χ1n) is 17.6. The number of nitrogens with zero attached hydrogens (tertiary/aromatic N) is 10. The molecular formula is C38H39F3N10O3. The molecule has 1 unspecified atom stereocenters. The van der Waals surface area contributed by atoms with E-state index in [0.717, 1.165) is 78.4 Å². The fourth-order valence-electron chi connectivity index (χ4n) is 6.90. The molecule has 1 aliphatic rings. The number of aliphatic hydroxyl groups is 2. The van der Waals surface area contributed by atoms with E-state index in [1.54, 1.807) is 6.92 Å². The summed E-state index contributed by atoms with van der Waals surface area (Å²) in [5, 5.41) is 36.4. The zero-order valence-electron chi connectivity index (χ0n) is 29.6. The van der Waals surface area contributed by atoms with E-state index in [0.29, 0.717) is 17.7 Å². The summed E-state index contributed by atoms with van der Waals surface area (Å²) in [6, 6.07) is 22.1. The van der Waals surface area contributed by atoms with E-state index < -0.39 is 41.7 Å². The van der Waals surface area contributed by atoms with Crippen LogP contribution in [0.25, 0.3) is 16.8 Å². The van der Waals surface area contributed by atoms with Gasteiger partial charge in [0.1, 0.15) is 24.2 Å². The van der Waals surface area contributed by atoms with Crippen LogP contribution < -0.4 is 15.5 Å². The van der Waals surface area contributed by atoms with Crippen molar-refractivity contribution in [2.75, 3.05) is 36.0 Å².